The third-order valence-corrected chi connectivity index (χ3v) is 3.18. The molecule has 0 aliphatic rings. The molecule has 100 valence electrons. The van der Waals surface area contributed by atoms with Gasteiger partial charge in [0.05, 0.1) is 12.3 Å². The summed E-state index contributed by atoms with van der Waals surface area (Å²) in [5.41, 5.74) is 1.87. The first-order valence-corrected chi connectivity index (χ1v) is 6.93. The van der Waals surface area contributed by atoms with Crippen molar-refractivity contribution in [1.82, 2.24) is 4.98 Å². The predicted octanol–water partition coefficient (Wildman–Crippen LogP) is 3.14. The molecule has 1 unspecified atom stereocenters. The summed E-state index contributed by atoms with van der Waals surface area (Å²) in [6, 6.07) is 9.82. The number of aromatic nitrogens is 1. The van der Waals surface area contributed by atoms with E-state index in [4.69, 9.17) is 9.47 Å². The lowest BCUT2D eigenvalue weighted by molar-refractivity contribution is -0.150. The second kappa shape index (κ2) is 6.33. The van der Waals surface area contributed by atoms with Gasteiger partial charge in [0, 0.05) is 10.9 Å². The second-order valence-electron chi connectivity index (χ2n) is 3.88. The minimum atomic E-state index is -0.644. The fraction of sp³-hybridized carbons (Fsp3) is 0.286. The highest BCUT2D eigenvalue weighted by Gasteiger charge is 2.17. The smallest absolute Gasteiger partial charge is 0.347 e. The Bertz CT molecular complexity index is 539. The SMILES string of the molecule is CCOC(=O)C(C)Oc1nc(-c2ccccc2)cs1. The Hall–Kier alpha value is -1.88. The topological polar surface area (TPSA) is 48.4 Å². The molecule has 0 aliphatic heterocycles. The highest BCUT2D eigenvalue weighted by Crippen LogP contribution is 2.26. The van der Waals surface area contributed by atoms with E-state index >= 15 is 0 Å². The molecule has 0 radical (unpaired) electrons. The fourth-order valence-corrected chi connectivity index (χ4v) is 2.26. The highest BCUT2D eigenvalue weighted by atomic mass is 32.1. The normalized spacial score (nSPS) is 11.9. The standard InChI is InChI=1S/C14H15NO3S/c1-3-17-13(16)10(2)18-14-15-12(9-19-14)11-7-5-4-6-8-11/h4-10H,3H2,1-2H3. The van der Waals surface area contributed by atoms with E-state index in [0.717, 1.165) is 11.3 Å². The van der Waals surface area contributed by atoms with Gasteiger partial charge in [-0.15, -0.1) is 0 Å². The summed E-state index contributed by atoms with van der Waals surface area (Å²) >= 11 is 1.37. The maximum absolute atomic E-state index is 11.5. The maximum atomic E-state index is 11.5. The van der Waals surface area contributed by atoms with Gasteiger partial charge in [0.15, 0.2) is 6.10 Å². The van der Waals surface area contributed by atoms with E-state index in [9.17, 15) is 4.79 Å². The first kappa shape index (κ1) is 13.5. The van der Waals surface area contributed by atoms with Crippen molar-refractivity contribution >= 4 is 17.3 Å². The van der Waals surface area contributed by atoms with E-state index in [1.54, 1.807) is 13.8 Å². The number of ether oxygens (including phenoxy) is 2. The highest BCUT2D eigenvalue weighted by molar-refractivity contribution is 7.11. The molecule has 0 spiro atoms. The Kier molecular flexibility index (Phi) is 4.52. The Morgan fingerprint density at radius 2 is 2.11 bits per heavy atom. The van der Waals surface area contributed by atoms with E-state index in [1.165, 1.54) is 11.3 Å². The van der Waals surface area contributed by atoms with Gasteiger partial charge in [-0.2, -0.15) is 0 Å². The molecule has 1 aromatic heterocycles. The molecular formula is C14H15NO3S. The van der Waals surface area contributed by atoms with Crippen LogP contribution in [0, 0.1) is 0 Å². The minimum Gasteiger partial charge on any atom is -0.463 e. The molecule has 19 heavy (non-hydrogen) atoms. The van der Waals surface area contributed by atoms with Gasteiger partial charge in [-0.1, -0.05) is 41.7 Å². The Morgan fingerprint density at radius 1 is 1.37 bits per heavy atom. The van der Waals surface area contributed by atoms with Crippen molar-refractivity contribution in [1.29, 1.82) is 0 Å². The molecular weight excluding hydrogens is 262 g/mol. The number of rotatable bonds is 5. The first-order chi connectivity index (χ1) is 9.20. The van der Waals surface area contributed by atoms with Crippen LogP contribution in [-0.2, 0) is 9.53 Å². The molecule has 0 bridgehead atoms. The van der Waals surface area contributed by atoms with Crippen molar-refractivity contribution in [2.24, 2.45) is 0 Å². The van der Waals surface area contributed by atoms with Crippen molar-refractivity contribution in [3.05, 3.63) is 35.7 Å². The zero-order valence-electron chi connectivity index (χ0n) is 10.8. The van der Waals surface area contributed by atoms with Gasteiger partial charge >= 0.3 is 5.97 Å². The van der Waals surface area contributed by atoms with Crippen LogP contribution in [0.3, 0.4) is 0 Å². The quantitative estimate of drug-likeness (QED) is 0.788. The van der Waals surface area contributed by atoms with Crippen LogP contribution < -0.4 is 4.74 Å². The van der Waals surface area contributed by atoms with Crippen LogP contribution in [0.25, 0.3) is 11.3 Å². The second-order valence-corrected chi connectivity index (χ2v) is 4.70. The van der Waals surface area contributed by atoms with Gasteiger partial charge in [-0.25, -0.2) is 9.78 Å². The van der Waals surface area contributed by atoms with Crippen LogP contribution in [0.5, 0.6) is 5.19 Å². The molecule has 1 heterocycles. The predicted molar refractivity (Wildman–Crippen MR) is 74.3 cm³/mol. The fourth-order valence-electron chi connectivity index (χ4n) is 1.51. The molecule has 1 aromatic carbocycles. The summed E-state index contributed by atoms with van der Waals surface area (Å²) in [5.74, 6) is -0.376. The van der Waals surface area contributed by atoms with Gasteiger partial charge in [-0.3, -0.25) is 0 Å². The average Bonchev–Trinajstić information content (AvgIpc) is 2.88. The first-order valence-electron chi connectivity index (χ1n) is 6.05. The molecule has 1 atom stereocenters. The Labute approximate surface area is 116 Å². The van der Waals surface area contributed by atoms with E-state index in [1.807, 2.05) is 35.7 Å². The maximum Gasteiger partial charge on any atom is 0.347 e. The van der Waals surface area contributed by atoms with Crippen LogP contribution in [0.2, 0.25) is 0 Å². The molecule has 5 heteroatoms. The van der Waals surface area contributed by atoms with Crippen LogP contribution in [0.1, 0.15) is 13.8 Å². The van der Waals surface area contributed by atoms with Crippen molar-refractivity contribution in [3.8, 4) is 16.5 Å². The van der Waals surface area contributed by atoms with Gasteiger partial charge < -0.3 is 9.47 Å². The summed E-state index contributed by atoms with van der Waals surface area (Å²) in [6.07, 6.45) is -0.644. The number of carbonyl (C=O) groups is 1. The van der Waals surface area contributed by atoms with Crippen molar-refractivity contribution in [3.63, 3.8) is 0 Å². The average molecular weight is 277 g/mol. The van der Waals surface area contributed by atoms with Gasteiger partial charge in [0.2, 0.25) is 0 Å². The van der Waals surface area contributed by atoms with Crippen LogP contribution in [-0.4, -0.2) is 23.7 Å². The molecule has 0 saturated carbocycles. The van der Waals surface area contributed by atoms with Gasteiger partial charge in [-0.05, 0) is 13.8 Å². The molecule has 2 rings (SSSR count). The summed E-state index contributed by atoms with van der Waals surface area (Å²) < 4.78 is 10.3. The number of hydrogen-bond donors (Lipinski definition) is 0. The monoisotopic (exact) mass is 277 g/mol. The lowest BCUT2D eigenvalue weighted by Crippen LogP contribution is -2.25. The lowest BCUT2D eigenvalue weighted by atomic mass is 10.2. The number of esters is 1. The lowest BCUT2D eigenvalue weighted by Gasteiger charge is -2.10. The van der Waals surface area contributed by atoms with Gasteiger partial charge in [0.25, 0.3) is 5.19 Å². The van der Waals surface area contributed by atoms with Crippen LogP contribution in [0.15, 0.2) is 35.7 Å². The molecule has 0 aliphatic carbocycles. The Morgan fingerprint density at radius 3 is 2.79 bits per heavy atom. The summed E-state index contributed by atoms with van der Waals surface area (Å²) in [5, 5.41) is 2.38. The zero-order chi connectivity index (χ0) is 13.7. The third kappa shape index (κ3) is 3.54. The number of carbonyl (C=O) groups excluding carboxylic acids is 1. The number of nitrogens with zero attached hydrogens (tertiary/aromatic N) is 1. The summed E-state index contributed by atoms with van der Waals surface area (Å²) in [6.45, 7) is 3.77. The molecule has 0 fully saturated rings. The van der Waals surface area contributed by atoms with Crippen LogP contribution in [0.4, 0.5) is 0 Å². The van der Waals surface area contributed by atoms with Crippen molar-refractivity contribution in [2.75, 3.05) is 6.61 Å². The zero-order valence-corrected chi connectivity index (χ0v) is 11.6. The number of thiazole rings is 1. The van der Waals surface area contributed by atoms with E-state index < -0.39 is 6.10 Å². The summed E-state index contributed by atoms with van der Waals surface area (Å²) in [4.78, 5) is 15.8. The summed E-state index contributed by atoms with van der Waals surface area (Å²) in [7, 11) is 0. The molecule has 0 saturated heterocycles. The third-order valence-electron chi connectivity index (χ3n) is 2.45. The largest absolute Gasteiger partial charge is 0.463 e. The molecule has 2 aromatic rings. The molecule has 4 nitrogen and oxygen atoms in total. The van der Waals surface area contributed by atoms with Crippen molar-refractivity contribution in [2.45, 2.75) is 20.0 Å². The van der Waals surface area contributed by atoms with E-state index in [-0.39, 0.29) is 5.97 Å². The minimum absolute atomic E-state index is 0.347. The van der Waals surface area contributed by atoms with Crippen LogP contribution >= 0.6 is 11.3 Å². The van der Waals surface area contributed by atoms with Crippen molar-refractivity contribution < 1.29 is 14.3 Å². The molecule has 0 amide bonds. The van der Waals surface area contributed by atoms with E-state index in [0.29, 0.717) is 11.8 Å². The Balaban J connectivity index is 2.04. The number of hydrogen-bond acceptors (Lipinski definition) is 5. The number of benzene rings is 1. The van der Waals surface area contributed by atoms with E-state index in [2.05, 4.69) is 4.98 Å². The molecule has 0 N–H and O–H groups in total. The van der Waals surface area contributed by atoms with Gasteiger partial charge in [0.1, 0.15) is 0 Å².